The largest absolute Gasteiger partial charge is 0.497 e. The summed E-state index contributed by atoms with van der Waals surface area (Å²) in [6.07, 6.45) is 1.86. The third kappa shape index (κ3) is 3.34. The van der Waals surface area contributed by atoms with Crippen LogP contribution in [0.2, 0.25) is 0 Å². The van der Waals surface area contributed by atoms with Crippen molar-refractivity contribution in [3.63, 3.8) is 0 Å². The Hall–Kier alpha value is -2.81. The molecule has 0 aliphatic rings. The zero-order valence-corrected chi connectivity index (χ0v) is 13.7. The predicted octanol–water partition coefficient (Wildman–Crippen LogP) is 4.49. The molecule has 1 aromatic heterocycles. The molecule has 23 heavy (non-hydrogen) atoms. The number of anilines is 1. The van der Waals surface area contributed by atoms with Crippen molar-refractivity contribution in [2.24, 2.45) is 0 Å². The van der Waals surface area contributed by atoms with Crippen LogP contribution in [0.4, 0.5) is 5.69 Å². The van der Waals surface area contributed by atoms with Crippen molar-refractivity contribution < 1.29 is 4.74 Å². The van der Waals surface area contributed by atoms with Gasteiger partial charge in [0.25, 0.3) is 0 Å². The molecule has 0 amide bonds. The molecule has 0 N–H and O–H groups in total. The van der Waals surface area contributed by atoms with Gasteiger partial charge in [0, 0.05) is 31.5 Å². The van der Waals surface area contributed by atoms with E-state index in [2.05, 4.69) is 52.3 Å². The number of benzene rings is 2. The van der Waals surface area contributed by atoms with Gasteiger partial charge in [0.15, 0.2) is 0 Å². The molecule has 3 nitrogen and oxygen atoms in total. The molecule has 1 heterocycles. The van der Waals surface area contributed by atoms with E-state index in [1.165, 1.54) is 5.69 Å². The second-order valence-electron chi connectivity index (χ2n) is 5.60. The lowest BCUT2D eigenvalue weighted by molar-refractivity contribution is 0.415. The fourth-order valence-corrected chi connectivity index (χ4v) is 2.48. The van der Waals surface area contributed by atoms with Crippen molar-refractivity contribution >= 4 is 5.69 Å². The van der Waals surface area contributed by atoms with E-state index in [1.807, 2.05) is 38.5 Å². The molecular weight excluding hydrogens is 284 g/mol. The molecule has 0 bridgehead atoms. The quantitative estimate of drug-likeness (QED) is 0.710. The van der Waals surface area contributed by atoms with Crippen LogP contribution < -0.4 is 9.64 Å². The zero-order chi connectivity index (χ0) is 16.2. The van der Waals surface area contributed by atoms with Gasteiger partial charge >= 0.3 is 0 Å². The Bertz CT molecular complexity index is 777. The van der Waals surface area contributed by atoms with E-state index in [-0.39, 0.29) is 0 Å². The van der Waals surface area contributed by atoms with E-state index in [4.69, 9.17) is 4.74 Å². The Morgan fingerprint density at radius 3 is 2.04 bits per heavy atom. The molecule has 0 saturated carbocycles. The molecule has 0 radical (unpaired) electrons. The zero-order valence-electron chi connectivity index (χ0n) is 13.7. The number of hydrogen-bond donors (Lipinski definition) is 0. The van der Waals surface area contributed by atoms with Gasteiger partial charge in [0.1, 0.15) is 5.75 Å². The maximum Gasteiger partial charge on any atom is 0.118 e. The summed E-state index contributed by atoms with van der Waals surface area (Å²) in [4.78, 5) is 6.59. The molecule has 3 heteroatoms. The van der Waals surface area contributed by atoms with Crippen molar-refractivity contribution in [3.05, 3.63) is 66.9 Å². The summed E-state index contributed by atoms with van der Waals surface area (Å²) < 4.78 is 5.21. The minimum atomic E-state index is 0.863. The van der Waals surface area contributed by atoms with Gasteiger partial charge in [-0.2, -0.15) is 0 Å². The van der Waals surface area contributed by atoms with E-state index < -0.39 is 0 Å². The van der Waals surface area contributed by atoms with E-state index >= 15 is 0 Å². The monoisotopic (exact) mass is 304 g/mol. The Labute approximate surface area is 137 Å². The highest BCUT2D eigenvalue weighted by atomic mass is 16.5. The van der Waals surface area contributed by atoms with Gasteiger partial charge in [-0.3, -0.25) is 4.98 Å². The molecule has 0 unspecified atom stereocenters. The van der Waals surface area contributed by atoms with Crippen LogP contribution in [0.5, 0.6) is 5.75 Å². The lowest BCUT2D eigenvalue weighted by atomic mass is 10.0. The fraction of sp³-hybridized carbons (Fsp3) is 0.150. The summed E-state index contributed by atoms with van der Waals surface area (Å²) in [5.41, 5.74) is 5.57. The van der Waals surface area contributed by atoms with Crippen molar-refractivity contribution in [2.45, 2.75) is 0 Å². The SMILES string of the molecule is COc1ccc(-c2ccnc(-c3ccc(N(C)C)cc3)c2)cc1. The summed E-state index contributed by atoms with van der Waals surface area (Å²) >= 11 is 0. The highest BCUT2D eigenvalue weighted by molar-refractivity contribution is 5.71. The number of rotatable bonds is 4. The molecule has 0 aliphatic carbocycles. The first-order valence-electron chi connectivity index (χ1n) is 7.55. The lowest BCUT2D eigenvalue weighted by Gasteiger charge is -2.12. The van der Waals surface area contributed by atoms with E-state index in [1.54, 1.807) is 7.11 Å². The van der Waals surface area contributed by atoms with Crippen molar-refractivity contribution in [1.29, 1.82) is 0 Å². The third-order valence-corrected chi connectivity index (χ3v) is 3.86. The number of aromatic nitrogens is 1. The molecule has 0 fully saturated rings. The van der Waals surface area contributed by atoms with Gasteiger partial charge in [-0.1, -0.05) is 24.3 Å². The maximum atomic E-state index is 5.21. The van der Waals surface area contributed by atoms with Gasteiger partial charge in [-0.15, -0.1) is 0 Å². The van der Waals surface area contributed by atoms with Crippen LogP contribution in [0.15, 0.2) is 66.9 Å². The molecule has 2 aromatic carbocycles. The van der Waals surface area contributed by atoms with Gasteiger partial charge in [0.2, 0.25) is 0 Å². The van der Waals surface area contributed by atoms with Gasteiger partial charge < -0.3 is 9.64 Å². The molecule has 3 aromatic rings. The number of nitrogens with zero attached hydrogens (tertiary/aromatic N) is 2. The first-order valence-corrected chi connectivity index (χ1v) is 7.55. The first kappa shape index (κ1) is 15.1. The highest BCUT2D eigenvalue weighted by Crippen LogP contribution is 2.27. The van der Waals surface area contributed by atoms with Crippen LogP contribution in [0, 0.1) is 0 Å². The van der Waals surface area contributed by atoms with Gasteiger partial charge in [-0.05, 0) is 47.5 Å². The number of ether oxygens (including phenoxy) is 1. The van der Waals surface area contributed by atoms with Crippen LogP contribution in [0.1, 0.15) is 0 Å². The summed E-state index contributed by atoms with van der Waals surface area (Å²) in [5, 5.41) is 0. The predicted molar refractivity (Wildman–Crippen MR) is 96.0 cm³/mol. The average molecular weight is 304 g/mol. The Morgan fingerprint density at radius 2 is 1.43 bits per heavy atom. The summed E-state index contributed by atoms with van der Waals surface area (Å²) in [5.74, 6) is 0.863. The Kier molecular flexibility index (Phi) is 4.29. The van der Waals surface area contributed by atoms with Crippen LogP contribution in [-0.4, -0.2) is 26.2 Å². The van der Waals surface area contributed by atoms with Crippen LogP contribution >= 0.6 is 0 Å². The topological polar surface area (TPSA) is 25.4 Å². The van der Waals surface area contributed by atoms with Crippen LogP contribution in [-0.2, 0) is 0 Å². The first-order chi connectivity index (χ1) is 11.2. The normalized spacial score (nSPS) is 10.4. The maximum absolute atomic E-state index is 5.21. The molecule has 3 rings (SSSR count). The Balaban J connectivity index is 1.92. The van der Waals surface area contributed by atoms with Crippen molar-refractivity contribution in [2.75, 3.05) is 26.1 Å². The number of methoxy groups -OCH3 is 1. The minimum Gasteiger partial charge on any atom is -0.497 e. The van der Waals surface area contributed by atoms with E-state index in [9.17, 15) is 0 Å². The van der Waals surface area contributed by atoms with E-state index in [0.717, 1.165) is 28.1 Å². The van der Waals surface area contributed by atoms with Gasteiger partial charge in [-0.25, -0.2) is 0 Å². The molecule has 0 aliphatic heterocycles. The van der Waals surface area contributed by atoms with E-state index in [0.29, 0.717) is 0 Å². The minimum absolute atomic E-state index is 0.863. The van der Waals surface area contributed by atoms with Crippen LogP contribution in [0.3, 0.4) is 0 Å². The van der Waals surface area contributed by atoms with Crippen molar-refractivity contribution in [1.82, 2.24) is 4.98 Å². The van der Waals surface area contributed by atoms with Gasteiger partial charge in [0.05, 0.1) is 12.8 Å². The Morgan fingerprint density at radius 1 is 0.783 bits per heavy atom. The molecule has 0 saturated heterocycles. The second-order valence-corrected chi connectivity index (χ2v) is 5.60. The molecule has 0 atom stereocenters. The highest BCUT2D eigenvalue weighted by Gasteiger charge is 2.04. The summed E-state index contributed by atoms with van der Waals surface area (Å²) in [6, 6.07) is 20.6. The average Bonchev–Trinajstić information content (AvgIpc) is 2.62. The van der Waals surface area contributed by atoms with Crippen LogP contribution in [0.25, 0.3) is 22.4 Å². The molecule has 116 valence electrons. The standard InChI is InChI=1S/C20H20N2O/c1-22(2)18-8-4-16(5-9-18)20-14-17(12-13-21-20)15-6-10-19(23-3)11-7-15/h4-14H,1-3H3. The smallest absolute Gasteiger partial charge is 0.118 e. The number of hydrogen-bond acceptors (Lipinski definition) is 3. The summed E-state index contributed by atoms with van der Waals surface area (Å²) in [6.45, 7) is 0. The molecule has 0 spiro atoms. The fourth-order valence-electron chi connectivity index (χ4n) is 2.48. The number of pyridine rings is 1. The molecular formula is C20H20N2O. The third-order valence-electron chi connectivity index (χ3n) is 3.86. The summed E-state index contributed by atoms with van der Waals surface area (Å²) in [7, 11) is 5.76. The van der Waals surface area contributed by atoms with Crippen molar-refractivity contribution in [3.8, 4) is 28.1 Å². The lowest BCUT2D eigenvalue weighted by Crippen LogP contribution is -2.07. The second kappa shape index (κ2) is 6.53.